The van der Waals surface area contributed by atoms with Crippen molar-refractivity contribution in [3.8, 4) is 0 Å². The fraction of sp³-hybridized carbons (Fsp3) is 0.727. The highest BCUT2D eigenvalue weighted by atomic mass is 127. The SMILES string of the molecule is Cc1nn(C2CCCN(C)CC2)c(N)c1I. The number of nitrogens with zero attached hydrogens (tertiary/aromatic N) is 3. The Labute approximate surface area is 110 Å². The molecule has 1 aromatic heterocycles. The number of anilines is 1. The maximum Gasteiger partial charge on any atom is 0.135 e. The highest BCUT2D eigenvalue weighted by molar-refractivity contribution is 14.1. The van der Waals surface area contributed by atoms with Gasteiger partial charge in [-0.25, -0.2) is 4.68 Å². The third-order valence-corrected chi connectivity index (χ3v) is 4.65. The highest BCUT2D eigenvalue weighted by Crippen LogP contribution is 2.28. The van der Waals surface area contributed by atoms with Crippen LogP contribution in [0.15, 0.2) is 0 Å². The summed E-state index contributed by atoms with van der Waals surface area (Å²) >= 11 is 2.28. The molecule has 4 nitrogen and oxygen atoms in total. The van der Waals surface area contributed by atoms with Gasteiger partial charge >= 0.3 is 0 Å². The molecule has 16 heavy (non-hydrogen) atoms. The molecule has 0 amide bonds. The van der Waals surface area contributed by atoms with Crippen LogP contribution >= 0.6 is 22.6 Å². The van der Waals surface area contributed by atoms with Gasteiger partial charge in [0.1, 0.15) is 5.82 Å². The van der Waals surface area contributed by atoms with E-state index in [-0.39, 0.29) is 0 Å². The molecule has 2 rings (SSSR count). The largest absolute Gasteiger partial charge is 0.383 e. The number of rotatable bonds is 1. The van der Waals surface area contributed by atoms with E-state index >= 15 is 0 Å². The maximum absolute atomic E-state index is 6.10. The summed E-state index contributed by atoms with van der Waals surface area (Å²) in [5.74, 6) is 0.840. The lowest BCUT2D eigenvalue weighted by molar-refractivity contribution is 0.337. The number of nitrogen functional groups attached to an aromatic ring is 1. The van der Waals surface area contributed by atoms with E-state index in [0.29, 0.717) is 6.04 Å². The van der Waals surface area contributed by atoms with Crippen molar-refractivity contribution in [1.29, 1.82) is 0 Å². The minimum atomic E-state index is 0.479. The van der Waals surface area contributed by atoms with Gasteiger partial charge in [-0.2, -0.15) is 5.10 Å². The standard InChI is InChI=1S/C11H19IN4/c1-8-10(12)11(13)16(14-8)9-4-3-6-15(2)7-5-9/h9H,3-7,13H2,1-2H3. The van der Waals surface area contributed by atoms with E-state index in [1.165, 1.54) is 19.4 Å². The molecule has 2 heterocycles. The third-order valence-electron chi connectivity index (χ3n) is 3.31. The summed E-state index contributed by atoms with van der Waals surface area (Å²) in [5.41, 5.74) is 7.15. The molecule has 2 N–H and O–H groups in total. The lowest BCUT2D eigenvalue weighted by Crippen LogP contribution is -2.20. The van der Waals surface area contributed by atoms with E-state index < -0.39 is 0 Å². The fourth-order valence-corrected chi connectivity index (χ4v) is 2.65. The minimum Gasteiger partial charge on any atom is -0.383 e. The number of aryl methyl sites for hydroxylation is 1. The Morgan fingerprint density at radius 3 is 2.75 bits per heavy atom. The van der Waals surface area contributed by atoms with Crippen LogP contribution in [0.25, 0.3) is 0 Å². The van der Waals surface area contributed by atoms with Crippen LogP contribution in [0.1, 0.15) is 31.0 Å². The molecule has 1 aliphatic rings. The van der Waals surface area contributed by atoms with Gasteiger partial charge in [0.15, 0.2) is 0 Å². The molecule has 1 aliphatic heterocycles. The number of nitrogens with two attached hydrogens (primary N) is 1. The summed E-state index contributed by atoms with van der Waals surface area (Å²) in [6, 6.07) is 0.479. The lowest BCUT2D eigenvalue weighted by Gasteiger charge is -2.16. The van der Waals surface area contributed by atoms with Crippen molar-refractivity contribution in [1.82, 2.24) is 14.7 Å². The van der Waals surface area contributed by atoms with Gasteiger partial charge in [0.2, 0.25) is 0 Å². The van der Waals surface area contributed by atoms with Crippen LogP contribution in [0.3, 0.4) is 0 Å². The van der Waals surface area contributed by atoms with Gasteiger partial charge in [0.05, 0.1) is 15.3 Å². The molecule has 0 saturated carbocycles. The van der Waals surface area contributed by atoms with Crippen LogP contribution in [-0.4, -0.2) is 34.8 Å². The van der Waals surface area contributed by atoms with Gasteiger partial charge in [0.25, 0.3) is 0 Å². The Morgan fingerprint density at radius 1 is 1.38 bits per heavy atom. The Balaban J connectivity index is 2.20. The molecule has 0 radical (unpaired) electrons. The van der Waals surface area contributed by atoms with E-state index in [4.69, 9.17) is 5.73 Å². The molecule has 0 bridgehead atoms. The Bertz CT molecular complexity index is 374. The quantitative estimate of drug-likeness (QED) is 0.800. The van der Waals surface area contributed by atoms with Crippen LogP contribution in [0.4, 0.5) is 5.82 Å². The maximum atomic E-state index is 6.10. The normalized spacial score (nSPS) is 23.3. The first kappa shape index (κ1) is 12.2. The fourth-order valence-electron chi connectivity index (χ4n) is 2.29. The second kappa shape index (κ2) is 4.91. The summed E-state index contributed by atoms with van der Waals surface area (Å²) in [5, 5.41) is 4.57. The number of hydrogen-bond acceptors (Lipinski definition) is 3. The average Bonchev–Trinajstić information content (AvgIpc) is 2.47. The predicted molar refractivity (Wildman–Crippen MR) is 74.5 cm³/mol. The monoisotopic (exact) mass is 334 g/mol. The van der Waals surface area contributed by atoms with Crippen LogP contribution in [0.2, 0.25) is 0 Å². The number of halogens is 1. The minimum absolute atomic E-state index is 0.479. The van der Waals surface area contributed by atoms with Crippen molar-refractivity contribution < 1.29 is 0 Å². The van der Waals surface area contributed by atoms with Gasteiger partial charge in [-0.15, -0.1) is 0 Å². The molecule has 5 heteroatoms. The van der Waals surface area contributed by atoms with Crippen molar-refractivity contribution in [2.45, 2.75) is 32.2 Å². The molecule has 0 aliphatic carbocycles. The number of hydrogen-bond donors (Lipinski definition) is 1. The third kappa shape index (κ3) is 2.34. The average molecular weight is 334 g/mol. The summed E-state index contributed by atoms with van der Waals surface area (Å²) in [6.07, 6.45) is 3.57. The molecule has 1 atom stereocenters. The van der Waals surface area contributed by atoms with Crippen molar-refractivity contribution in [2.75, 3.05) is 25.9 Å². The van der Waals surface area contributed by atoms with Crippen LogP contribution in [0, 0.1) is 10.5 Å². The number of aromatic nitrogens is 2. The van der Waals surface area contributed by atoms with Crippen LogP contribution in [0.5, 0.6) is 0 Å². The molecular weight excluding hydrogens is 315 g/mol. The van der Waals surface area contributed by atoms with Crippen LogP contribution < -0.4 is 5.73 Å². The second-order valence-corrected chi connectivity index (χ2v) is 5.70. The zero-order valence-corrected chi connectivity index (χ0v) is 12.1. The van der Waals surface area contributed by atoms with Gasteiger partial charge < -0.3 is 10.6 Å². The molecule has 1 aromatic rings. The van der Waals surface area contributed by atoms with Crippen molar-refractivity contribution >= 4 is 28.4 Å². The molecular formula is C11H19IN4. The molecule has 1 saturated heterocycles. The Hall–Kier alpha value is -0.300. The lowest BCUT2D eigenvalue weighted by atomic mass is 10.1. The topological polar surface area (TPSA) is 47.1 Å². The van der Waals surface area contributed by atoms with Gasteiger partial charge in [-0.1, -0.05) is 0 Å². The first-order chi connectivity index (χ1) is 7.59. The number of likely N-dealkylation sites (tertiary alicyclic amines) is 1. The highest BCUT2D eigenvalue weighted by Gasteiger charge is 2.20. The van der Waals surface area contributed by atoms with Gasteiger partial charge in [-0.05, 0) is 68.9 Å². The van der Waals surface area contributed by atoms with Crippen molar-refractivity contribution in [3.63, 3.8) is 0 Å². The van der Waals surface area contributed by atoms with E-state index in [1.54, 1.807) is 0 Å². The van der Waals surface area contributed by atoms with E-state index in [0.717, 1.165) is 28.0 Å². The summed E-state index contributed by atoms with van der Waals surface area (Å²) in [4.78, 5) is 2.39. The second-order valence-electron chi connectivity index (χ2n) is 4.62. The summed E-state index contributed by atoms with van der Waals surface area (Å²) < 4.78 is 3.14. The van der Waals surface area contributed by atoms with Gasteiger partial charge in [-0.3, -0.25) is 0 Å². The van der Waals surface area contributed by atoms with Crippen LogP contribution in [-0.2, 0) is 0 Å². The van der Waals surface area contributed by atoms with Crippen molar-refractivity contribution in [2.24, 2.45) is 0 Å². The molecule has 90 valence electrons. The summed E-state index contributed by atoms with van der Waals surface area (Å²) in [7, 11) is 2.18. The summed E-state index contributed by atoms with van der Waals surface area (Å²) in [6.45, 7) is 4.35. The van der Waals surface area contributed by atoms with E-state index in [1.807, 2.05) is 11.6 Å². The Morgan fingerprint density at radius 2 is 2.12 bits per heavy atom. The van der Waals surface area contributed by atoms with Crippen molar-refractivity contribution in [3.05, 3.63) is 9.26 Å². The van der Waals surface area contributed by atoms with E-state index in [9.17, 15) is 0 Å². The molecule has 0 aromatic carbocycles. The smallest absolute Gasteiger partial charge is 0.135 e. The zero-order chi connectivity index (χ0) is 11.7. The Kier molecular flexibility index (Phi) is 3.73. The molecule has 1 unspecified atom stereocenters. The zero-order valence-electron chi connectivity index (χ0n) is 9.91. The van der Waals surface area contributed by atoms with Gasteiger partial charge in [0, 0.05) is 0 Å². The predicted octanol–water partition coefficient (Wildman–Crippen LogP) is 2.04. The van der Waals surface area contributed by atoms with E-state index in [2.05, 4.69) is 39.6 Å². The first-order valence-electron chi connectivity index (χ1n) is 5.78. The first-order valence-corrected chi connectivity index (χ1v) is 6.86. The molecule has 0 spiro atoms. The molecule has 1 fully saturated rings.